The molecule has 0 aliphatic rings. The Kier molecular flexibility index (Phi) is 4.94. The van der Waals surface area contributed by atoms with E-state index in [1.54, 1.807) is 19.2 Å². The van der Waals surface area contributed by atoms with E-state index in [4.69, 9.17) is 21.3 Å². The molecule has 0 aliphatic heterocycles. The number of sulfonamides is 1. The standard InChI is InChI=1S/C21H18ClN3O3S/c1-28-16-8-10-18-20(12-16)24-19-11-13(22)3-9-17(19)21(18)23-14-4-6-15(7-5-14)25-29(2,26)27/h3-12,25H,1-2H3,(H,23,24). The van der Waals surface area contributed by atoms with Gasteiger partial charge in [-0.2, -0.15) is 0 Å². The number of ether oxygens (including phenoxy) is 1. The van der Waals surface area contributed by atoms with E-state index in [-0.39, 0.29) is 0 Å². The van der Waals surface area contributed by atoms with Gasteiger partial charge >= 0.3 is 0 Å². The molecule has 29 heavy (non-hydrogen) atoms. The molecular weight excluding hydrogens is 410 g/mol. The lowest BCUT2D eigenvalue weighted by Gasteiger charge is -2.15. The number of aromatic nitrogens is 1. The zero-order valence-electron chi connectivity index (χ0n) is 15.7. The molecule has 0 amide bonds. The quantitative estimate of drug-likeness (QED) is 0.430. The first-order chi connectivity index (χ1) is 13.8. The minimum Gasteiger partial charge on any atom is -0.497 e. The molecule has 4 rings (SSSR count). The van der Waals surface area contributed by atoms with Gasteiger partial charge in [-0.05, 0) is 54.6 Å². The van der Waals surface area contributed by atoms with Crippen molar-refractivity contribution in [1.29, 1.82) is 0 Å². The average Bonchev–Trinajstić information content (AvgIpc) is 2.67. The Balaban J connectivity index is 1.82. The predicted octanol–water partition coefficient (Wildman–Crippen LogP) is 5.17. The molecule has 4 aromatic rings. The number of nitrogens with one attached hydrogen (secondary N) is 2. The number of hydrogen-bond donors (Lipinski definition) is 2. The van der Waals surface area contributed by atoms with Crippen molar-refractivity contribution in [2.45, 2.75) is 0 Å². The Morgan fingerprint density at radius 3 is 2.17 bits per heavy atom. The van der Waals surface area contributed by atoms with Crippen LogP contribution in [-0.2, 0) is 10.0 Å². The maximum atomic E-state index is 11.4. The van der Waals surface area contributed by atoms with Crippen LogP contribution in [-0.4, -0.2) is 26.8 Å². The highest BCUT2D eigenvalue weighted by molar-refractivity contribution is 7.92. The lowest BCUT2D eigenvalue weighted by molar-refractivity contribution is 0.415. The number of benzene rings is 3. The van der Waals surface area contributed by atoms with E-state index in [0.717, 1.165) is 39.4 Å². The van der Waals surface area contributed by atoms with Crippen LogP contribution in [0.3, 0.4) is 0 Å². The predicted molar refractivity (Wildman–Crippen MR) is 119 cm³/mol. The summed E-state index contributed by atoms with van der Waals surface area (Å²) in [5.74, 6) is 0.716. The molecule has 2 N–H and O–H groups in total. The van der Waals surface area contributed by atoms with Crippen LogP contribution in [0.2, 0.25) is 5.02 Å². The molecule has 0 radical (unpaired) electrons. The fourth-order valence-corrected chi connectivity index (χ4v) is 3.87. The molecule has 0 saturated carbocycles. The second-order valence-electron chi connectivity index (χ2n) is 6.61. The number of methoxy groups -OCH3 is 1. The SMILES string of the molecule is COc1ccc2c(Nc3ccc(NS(C)(=O)=O)cc3)c3ccc(Cl)cc3nc2c1. The smallest absolute Gasteiger partial charge is 0.229 e. The molecule has 0 fully saturated rings. The van der Waals surface area contributed by atoms with Crippen LogP contribution in [0.15, 0.2) is 60.7 Å². The summed E-state index contributed by atoms with van der Waals surface area (Å²) < 4.78 is 30.6. The number of anilines is 3. The van der Waals surface area contributed by atoms with Crippen molar-refractivity contribution in [2.24, 2.45) is 0 Å². The summed E-state index contributed by atoms with van der Waals surface area (Å²) in [7, 11) is -1.70. The fraction of sp³-hybridized carbons (Fsp3) is 0.0952. The molecular formula is C21H18ClN3O3S. The molecule has 0 spiro atoms. The summed E-state index contributed by atoms with van der Waals surface area (Å²) in [5.41, 5.74) is 3.73. The molecule has 0 unspecified atom stereocenters. The van der Waals surface area contributed by atoms with E-state index in [1.807, 2.05) is 48.5 Å². The number of pyridine rings is 1. The first kappa shape index (κ1) is 19.3. The first-order valence-electron chi connectivity index (χ1n) is 8.74. The molecule has 6 nitrogen and oxygen atoms in total. The molecule has 148 valence electrons. The van der Waals surface area contributed by atoms with E-state index < -0.39 is 10.0 Å². The van der Waals surface area contributed by atoms with Crippen LogP contribution in [0.5, 0.6) is 5.75 Å². The maximum absolute atomic E-state index is 11.4. The summed E-state index contributed by atoms with van der Waals surface area (Å²) in [4.78, 5) is 4.72. The van der Waals surface area contributed by atoms with Gasteiger partial charge in [0.25, 0.3) is 0 Å². The van der Waals surface area contributed by atoms with Crippen LogP contribution < -0.4 is 14.8 Å². The van der Waals surface area contributed by atoms with Gasteiger partial charge in [-0.15, -0.1) is 0 Å². The molecule has 1 aromatic heterocycles. The summed E-state index contributed by atoms with van der Waals surface area (Å²) in [6.07, 6.45) is 1.12. The molecule has 1 heterocycles. The molecule has 0 aliphatic carbocycles. The van der Waals surface area contributed by atoms with Crippen molar-refractivity contribution in [3.05, 3.63) is 65.7 Å². The van der Waals surface area contributed by atoms with Gasteiger partial charge in [0.2, 0.25) is 10.0 Å². The van der Waals surface area contributed by atoms with Gasteiger partial charge in [-0.25, -0.2) is 13.4 Å². The summed E-state index contributed by atoms with van der Waals surface area (Å²) >= 11 is 6.17. The molecule has 0 bridgehead atoms. The van der Waals surface area contributed by atoms with Crippen molar-refractivity contribution >= 4 is 60.5 Å². The fourth-order valence-electron chi connectivity index (χ4n) is 3.14. The average molecular weight is 428 g/mol. The van der Waals surface area contributed by atoms with Gasteiger partial charge in [0, 0.05) is 33.2 Å². The van der Waals surface area contributed by atoms with Crippen LogP contribution >= 0.6 is 11.6 Å². The molecule has 3 aromatic carbocycles. The number of nitrogens with zero attached hydrogens (tertiary/aromatic N) is 1. The Labute approximate surface area is 173 Å². The van der Waals surface area contributed by atoms with Gasteiger partial charge in [0.1, 0.15) is 5.75 Å². The minimum atomic E-state index is -3.32. The zero-order valence-corrected chi connectivity index (χ0v) is 17.3. The van der Waals surface area contributed by atoms with Crippen LogP contribution in [0.1, 0.15) is 0 Å². The van der Waals surface area contributed by atoms with Gasteiger partial charge in [-0.1, -0.05) is 11.6 Å². The maximum Gasteiger partial charge on any atom is 0.229 e. The van der Waals surface area contributed by atoms with Crippen LogP contribution in [0, 0.1) is 0 Å². The monoisotopic (exact) mass is 427 g/mol. The first-order valence-corrected chi connectivity index (χ1v) is 11.0. The number of halogens is 1. The van der Waals surface area contributed by atoms with Crippen LogP contribution in [0.4, 0.5) is 17.1 Å². The second-order valence-corrected chi connectivity index (χ2v) is 8.79. The summed E-state index contributed by atoms with van der Waals surface area (Å²) in [5, 5.41) is 5.89. The topological polar surface area (TPSA) is 80.3 Å². The molecule has 0 atom stereocenters. The van der Waals surface area contributed by atoms with Crippen molar-refractivity contribution in [1.82, 2.24) is 4.98 Å². The van der Waals surface area contributed by atoms with E-state index in [0.29, 0.717) is 16.5 Å². The van der Waals surface area contributed by atoms with Gasteiger partial charge in [0.15, 0.2) is 0 Å². The normalized spacial score (nSPS) is 11.6. The lowest BCUT2D eigenvalue weighted by atomic mass is 10.1. The van der Waals surface area contributed by atoms with E-state index >= 15 is 0 Å². The Bertz CT molecular complexity index is 1320. The van der Waals surface area contributed by atoms with E-state index in [9.17, 15) is 8.42 Å². The van der Waals surface area contributed by atoms with E-state index in [2.05, 4.69) is 10.0 Å². The third-order valence-corrected chi connectivity index (χ3v) is 5.24. The zero-order chi connectivity index (χ0) is 20.6. The van der Waals surface area contributed by atoms with E-state index in [1.165, 1.54) is 0 Å². The van der Waals surface area contributed by atoms with Gasteiger partial charge in [-0.3, -0.25) is 4.72 Å². The largest absolute Gasteiger partial charge is 0.497 e. The summed E-state index contributed by atoms with van der Waals surface area (Å²) in [6, 6.07) is 18.3. The number of hydrogen-bond acceptors (Lipinski definition) is 5. The van der Waals surface area contributed by atoms with Gasteiger partial charge in [0.05, 0.1) is 30.1 Å². The number of rotatable bonds is 5. The third kappa shape index (κ3) is 4.21. The van der Waals surface area contributed by atoms with Crippen molar-refractivity contribution in [3.8, 4) is 5.75 Å². The highest BCUT2D eigenvalue weighted by Crippen LogP contribution is 2.35. The van der Waals surface area contributed by atoms with Crippen molar-refractivity contribution in [3.63, 3.8) is 0 Å². The van der Waals surface area contributed by atoms with Gasteiger partial charge < -0.3 is 10.1 Å². The minimum absolute atomic E-state index is 0.499. The third-order valence-electron chi connectivity index (χ3n) is 4.40. The summed E-state index contributed by atoms with van der Waals surface area (Å²) in [6.45, 7) is 0. The number of fused-ring (bicyclic) bond motifs is 2. The highest BCUT2D eigenvalue weighted by atomic mass is 35.5. The van der Waals surface area contributed by atoms with Crippen LogP contribution in [0.25, 0.3) is 21.8 Å². The second kappa shape index (κ2) is 7.42. The Morgan fingerprint density at radius 2 is 1.52 bits per heavy atom. The van der Waals surface area contributed by atoms with Crippen molar-refractivity contribution < 1.29 is 13.2 Å². The molecule has 0 saturated heterocycles. The Morgan fingerprint density at radius 1 is 0.897 bits per heavy atom. The highest BCUT2D eigenvalue weighted by Gasteiger charge is 2.11. The van der Waals surface area contributed by atoms with Crippen molar-refractivity contribution in [2.75, 3.05) is 23.4 Å². The Hall–Kier alpha value is -3.03. The lowest BCUT2D eigenvalue weighted by Crippen LogP contribution is -2.09. The molecule has 8 heteroatoms.